The summed E-state index contributed by atoms with van der Waals surface area (Å²) in [5.41, 5.74) is 7.32. The van der Waals surface area contributed by atoms with E-state index in [1.54, 1.807) is 0 Å². The average Bonchev–Trinajstić information content (AvgIpc) is 2.02. The van der Waals surface area contributed by atoms with E-state index in [2.05, 4.69) is 0 Å². The fourth-order valence-corrected chi connectivity index (χ4v) is 1.58. The van der Waals surface area contributed by atoms with Crippen molar-refractivity contribution in [2.24, 2.45) is 0 Å². The third-order valence-electron chi connectivity index (χ3n) is 1.57. The molecule has 0 fully saturated rings. The number of carbonyl (C=O) groups excluding carboxylic acids is 1. The maximum absolute atomic E-state index is 10.5. The topological polar surface area (TPSA) is 95.2 Å². The molecule has 2 N–H and O–H groups in total. The second kappa shape index (κ2) is 5.62. The van der Waals surface area contributed by atoms with Gasteiger partial charge in [0, 0.05) is 0 Å². The molecule has 1 amide bonds. The van der Waals surface area contributed by atoms with Crippen LogP contribution in [0.25, 0.3) is 5.73 Å². The van der Waals surface area contributed by atoms with E-state index in [-0.39, 0.29) is 35.1 Å². The number of amides is 1. The summed E-state index contributed by atoms with van der Waals surface area (Å²) in [5.74, 6) is -1.32. The van der Waals surface area contributed by atoms with Crippen LogP contribution < -0.4 is 29.6 Å². The van der Waals surface area contributed by atoms with E-state index in [4.69, 9.17) is 10.3 Å². The van der Waals surface area contributed by atoms with Gasteiger partial charge in [0.05, 0.1) is 5.91 Å². The predicted molar refractivity (Wildman–Crippen MR) is 50.3 cm³/mol. The fraction of sp³-hybridized carbons (Fsp3) is 0.125. The van der Waals surface area contributed by atoms with Crippen LogP contribution in [0.5, 0.6) is 0 Å². The van der Waals surface area contributed by atoms with Gasteiger partial charge in [-0.15, -0.1) is 0 Å². The minimum absolute atomic E-state index is 0. The Balaban J connectivity index is 0.00000196. The van der Waals surface area contributed by atoms with Crippen molar-refractivity contribution >= 4 is 16.0 Å². The third-order valence-corrected chi connectivity index (χ3v) is 2.26. The quantitative estimate of drug-likeness (QED) is 0.499. The summed E-state index contributed by atoms with van der Waals surface area (Å²) in [6, 6.07) is 5.46. The van der Waals surface area contributed by atoms with E-state index in [0.29, 0.717) is 5.56 Å². The first kappa shape index (κ1) is 14.6. The van der Waals surface area contributed by atoms with Crippen molar-refractivity contribution in [3.63, 3.8) is 0 Å². The van der Waals surface area contributed by atoms with Gasteiger partial charge in [-0.1, -0.05) is 24.3 Å². The van der Waals surface area contributed by atoms with Crippen LogP contribution in [0, 0.1) is 0 Å². The molecular weight excluding hydrogens is 229 g/mol. The number of nitrogens with one attached hydrogen (secondary N) is 1. The average molecular weight is 237 g/mol. The van der Waals surface area contributed by atoms with Crippen LogP contribution in [0.2, 0.25) is 0 Å². The molecule has 0 saturated heterocycles. The predicted octanol–water partition coefficient (Wildman–Crippen LogP) is -1.73. The van der Waals surface area contributed by atoms with Crippen molar-refractivity contribution < 1.29 is 47.3 Å². The first-order valence-electron chi connectivity index (χ1n) is 3.68. The third kappa shape index (κ3) is 5.29. The van der Waals surface area contributed by atoms with Crippen molar-refractivity contribution in [2.75, 3.05) is 0 Å². The second-order valence-corrected chi connectivity index (χ2v) is 4.20. The van der Waals surface area contributed by atoms with Crippen molar-refractivity contribution in [2.45, 2.75) is 5.75 Å². The number of benzene rings is 1. The smallest absolute Gasteiger partial charge is 0.664 e. The maximum atomic E-state index is 10.5. The Hall–Kier alpha value is -0.400. The van der Waals surface area contributed by atoms with E-state index in [1.807, 2.05) is 0 Å². The van der Waals surface area contributed by atoms with E-state index in [9.17, 15) is 13.2 Å². The minimum atomic E-state index is -4.04. The molecule has 76 valence electrons. The van der Waals surface area contributed by atoms with Crippen LogP contribution >= 0.6 is 0 Å². The summed E-state index contributed by atoms with van der Waals surface area (Å²) < 4.78 is 29.5. The maximum Gasteiger partial charge on any atom is 1.00 e. The Morgan fingerprint density at radius 3 is 2.07 bits per heavy atom. The molecule has 0 saturated carbocycles. The van der Waals surface area contributed by atoms with Crippen LogP contribution in [0.15, 0.2) is 24.3 Å². The molecule has 1 rings (SSSR count). The van der Waals surface area contributed by atoms with Gasteiger partial charge in [-0.3, -0.25) is 4.55 Å². The molecule has 0 aliphatic rings. The van der Waals surface area contributed by atoms with Gasteiger partial charge < -0.3 is 10.5 Å². The molecule has 15 heavy (non-hydrogen) atoms. The normalized spacial score (nSPS) is 10.5. The van der Waals surface area contributed by atoms with Gasteiger partial charge >= 0.3 is 29.6 Å². The summed E-state index contributed by atoms with van der Waals surface area (Å²) in [7, 11) is -4.04. The van der Waals surface area contributed by atoms with Gasteiger partial charge in [0.15, 0.2) is 0 Å². The number of carbonyl (C=O) groups is 1. The monoisotopic (exact) mass is 237 g/mol. The van der Waals surface area contributed by atoms with E-state index in [1.165, 1.54) is 24.3 Å². The van der Waals surface area contributed by atoms with Crippen LogP contribution in [0.4, 0.5) is 0 Å². The zero-order valence-electron chi connectivity index (χ0n) is 8.10. The van der Waals surface area contributed by atoms with Crippen molar-refractivity contribution in [3.05, 3.63) is 41.1 Å². The number of hydrogen-bond donors (Lipinski definition) is 1. The molecule has 0 heterocycles. The zero-order chi connectivity index (χ0) is 10.8. The Morgan fingerprint density at radius 2 is 1.73 bits per heavy atom. The molecule has 0 radical (unpaired) electrons. The van der Waals surface area contributed by atoms with Gasteiger partial charge in [0.25, 0.3) is 10.1 Å². The molecule has 5 nitrogen and oxygen atoms in total. The first-order valence-corrected chi connectivity index (χ1v) is 5.29. The van der Waals surface area contributed by atoms with E-state index >= 15 is 0 Å². The largest absolute Gasteiger partial charge is 1.00 e. The van der Waals surface area contributed by atoms with Gasteiger partial charge in [-0.25, -0.2) is 0 Å². The summed E-state index contributed by atoms with van der Waals surface area (Å²) in [6.45, 7) is 0. The summed E-state index contributed by atoms with van der Waals surface area (Å²) in [4.78, 5) is 10.5. The summed E-state index contributed by atoms with van der Waals surface area (Å²) in [5, 5.41) is 0. The van der Waals surface area contributed by atoms with Crippen molar-refractivity contribution in [1.82, 2.24) is 0 Å². The van der Waals surface area contributed by atoms with Gasteiger partial charge in [0.1, 0.15) is 5.75 Å². The van der Waals surface area contributed by atoms with E-state index in [0.717, 1.165) is 0 Å². The van der Waals surface area contributed by atoms with E-state index < -0.39 is 21.8 Å². The van der Waals surface area contributed by atoms with Crippen LogP contribution in [0.1, 0.15) is 15.9 Å². The Bertz CT molecular complexity index is 440. The molecule has 0 bridgehead atoms. The van der Waals surface area contributed by atoms with Crippen molar-refractivity contribution in [1.29, 1.82) is 0 Å². The Kier molecular flexibility index (Phi) is 5.47. The fourth-order valence-electron chi connectivity index (χ4n) is 0.963. The molecule has 0 unspecified atom stereocenters. The SMILES string of the molecule is [NH-]C(=O)c1ccc(CS(=O)(=O)O)cc1.[Na+]. The summed E-state index contributed by atoms with van der Waals surface area (Å²) in [6.07, 6.45) is 0. The molecule has 0 atom stereocenters. The van der Waals surface area contributed by atoms with Crippen LogP contribution in [-0.2, 0) is 15.9 Å². The molecule has 0 aromatic heterocycles. The Labute approximate surface area is 110 Å². The first-order chi connectivity index (χ1) is 6.38. The van der Waals surface area contributed by atoms with Crippen molar-refractivity contribution in [3.8, 4) is 0 Å². The standard InChI is InChI=1S/C8H9NO4S.Na/c9-8(10)7-3-1-6(2-4-7)5-14(11,12)13;/h1-4H,5H2,(H3,9,10,11,12,13);/q;+1/p-1. The summed E-state index contributed by atoms with van der Waals surface area (Å²) >= 11 is 0. The molecule has 7 heteroatoms. The molecule has 0 aliphatic heterocycles. The Morgan fingerprint density at radius 1 is 1.27 bits per heavy atom. The number of hydrogen-bond acceptors (Lipinski definition) is 3. The zero-order valence-corrected chi connectivity index (χ0v) is 10.9. The van der Waals surface area contributed by atoms with Gasteiger partial charge in [0.2, 0.25) is 0 Å². The minimum Gasteiger partial charge on any atom is -0.664 e. The van der Waals surface area contributed by atoms with Gasteiger partial charge in [-0.05, 0) is 11.1 Å². The molecular formula is C8H8NNaO4S. The molecule has 0 aliphatic carbocycles. The second-order valence-electron chi connectivity index (χ2n) is 2.75. The van der Waals surface area contributed by atoms with Crippen LogP contribution in [0.3, 0.4) is 0 Å². The molecule has 1 aromatic carbocycles. The van der Waals surface area contributed by atoms with Gasteiger partial charge in [-0.2, -0.15) is 8.42 Å². The number of rotatable bonds is 3. The molecule has 1 aromatic rings. The molecule has 0 spiro atoms. The van der Waals surface area contributed by atoms with Crippen LogP contribution in [-0.4, -0.2) is 18.9 Å².